The largest absolute Gasteiger partial charge is 0.522 e. The number of amides is 4. The molecule has 0 bridgehead atoms. The summed E-state index contributed by atoms with van der Waals surface area (Å²) in [4.78, 5) is 112. The van der Waals surface area contributed by atoms with Gasteiger partial charge >= 0.3 is 33.5 Å². The number of amidine groups is 1. The number of esters is 2. The van der Waals surface area contributed by atoms with Gasteiger partial charge in [0.15, 0.2) is 5.91 Å². The second kappa shape index (κ2) is 28.7. The van der Waals surface area contributed by atoms with Crippen molar-refractivity contribution in [2.75, 3.05) is 32.6 Å². The summed E-state index contributed by atoms with van der Waals surface area (Å²) >= 11 is 0.959. The zero-order valence-electron chi connectivity index (χ0n) is 41.1. The van der Waals surface area contributed by atoms with Crippen molar-refractivity contribution >= 4 is 93.2 Å². The van der Waals surface area contributed by atoms with Crippen molar-refractivity contribution in [3.63, 3.8) is 0 Å². The van der Waals surface area contributed by atoms with Crippen LogP contribution in [0.1, 0.15) is 45.8 Å². The molecular weight excluding hydrogens is 1110 g/mol. The Morgan fingerprint density at radius 2 is 1.38 bits per heavy atom. The van der Waals surface area contributed by atoms with E-state index in [2.05, 4.69) is 39.7 Å². The van der Waals surface area contributed by atoms with Crippen LogP contribution < -0.4 is 36.3 Å². The number of aromatic nitrogens is 1. The van der Waals surface area contributed by atoms with Gasteiger partial charge in [-0.25, -0.2) is 19.4 Å². The minimum Gasteiger partial charge on any atom is -0.478 e. The van der Waals surface area contributed by atoms with E-state index in [1.807, 2.05) is 0 Å². The Balaban J connectivity index is 0.00000160. The Labute approximate surface area is 454 Å². The smallest absolute Gasteiger partial charge is 0.478 e. The Morgan fingerprint density at radius 1 is 0.831 bits per heavy atom. The minimum atomic E-state index is -5.84. The average molecular weight is 1160 g/mol. The van der Waals surface area contributed by atoms with Gasteiger partial charge < -0.3 is 45.6 Å². The van der Waals surface area contributed by atoms with E-state index in [9.17, 15) is 56.6 Å². The molecule has 22 nitrogen and oxygen atoms in total. The maximum Gasteiger partial charge on any atom is 0.522 e. The third-order valence-electron chi connectivity index (χ3n) is 10.1. The van der Waals surface area contributed by atoms with Crippen molar-refractivity contribution in [2.45, 2.75) is 41.6 Å². The molecule has 3 aromatic carbocycles. The molecule has 404 valence electrons. The molecule has 1 aromatic heterocycles. The van der Waals surface area contributed by atoms with Crippen LogP contribution in [0.4, 0.5) is 19.0 Å². The molecule has 0 spiro atoms. The van der Waals surface area contributed by atoms with E-state index in [-0.39, 0.29) is 95.8 Å². The number of allylic oxidation sites excluding steroid dienone is 1. The van der Waals surface area contributed by atoms with Gasteiger partial charge in [0.05, 0.1) is 34.2 Å². The van der Waals surface area contributed by atoms with Gasteiger partial charge in [0.1, 0.15) is 24.8 Å². The summed E-state index contributed by atoms with van der Waals surface area (Å²) in [5, 5.41) is 22.3. The van der Waals surface area contributed by atoms with Crippen LogP contribution in [0.5, 0.6) is 5.75 Å². The van der Waals surface area contributed by atoms with Gasteiger partial charge in [-0.15, -0.1) is 11.8 Å². The molecule has 2 atom stereocenters. The van der Waals surface area contributed by atoms with Gasteiger partial charge in [0, 0.05) is 61.8 Å². The number of hydrogen-bond acceptors (Lipinski definition) is 16. The van der Waals surface area contributed by atoms with E-state index in [4.69, 9.17) is 37.2 Å². The minimum absolute atomic E-state index is 0. The average Bonchev–Trinajstić information content (AvgIpc) is 3.93. The third-order valence-corrected chi connectivity index (χ3v) is 11.8. The van der Waals surface area contributed by atoms with Crippen LogP contribution in [0.3, 0.4) is 0 Å². The summed E-state index contributed by atoms with van der Waals surface area (Å²) < 4.78 is 72.7. The second-order valence-corrected chi connectivity index (χ2v) is 18.2. The van der Waals surface area contributed by atoms with Crippen molar-refractivity contribution in [3.8, 4) is 16.9 Å². The number of nitrogens with zero attached hydrogens (tertiary/aromatic N) is 2. The molecule has 28 heteroatoms. The van der Waals surface area contributed by atoms with Crippen molar-refractivity contribution in [1.29, 1.82) is 0 Å². The maximum absolute atomic E-state index is 13.9. The van der Waals surface area contributed by atoms with Gasteiger partial charge in [-0.05, 0) is 66.3 Å². The molecule has 7 N–H and O–H groups in total. The van der Waals surface area contributed by atoms with E-state index in [0.29, 0.717) is 16.0 Å². The van der Waals surface area contributed by atoms with Crippen LogP contribution in [-0.4, -0.2) is 122 Å². The van der Waals surface area contributed by atoms with Gasteiger partial charge in [0.25, 0.3) is 18.3 Å². The van der Waals surface area contributed by atoms with E-state index in [1.165, 1.54) is 39.2 Å². The number of rotatable bonds is 21. The molecule has 0 saturated heterocycles. The summed E-state index contributed by atoms with van der Waals surface area (Å²) in [7, 11) is -3.03. The Kier molecular flexibility index (Phi) is 23.6. The van der Waals surface area contributed by atoms with Crippen molar-refractivity contribution in [2.24, 2.45) is 4.99 Å². The summed E-state index contributed by atoms with van der Waals surface area (Å²) in [6.07, 6.45) is 3.41. The van der Waals surface area contributed by atoms with E-state index in [1.54, 1.807) is 67.6 Å². The summed E-state index contributed by atoms with van der Waals surface area (Å²) in [5.74, 6) is -5.70. The molecule has 2 heterocycles. The number of halogens is 3. The molecule has 0 fully saturated rings. The predicted octanol–water partition coefficient (Wildman–Crippen LogP) is 4.29. The first kappa shape index (κ1) is 63.3. The van der Waals surface area contributed by atoms with Crippen LogP contribution in [0.2, 0.25) is 0 Å². The number of carboxylic acids is 1. The van der Waals surface area contributed by atoms with E-state index in [0.717, 1.165) is 30.0 Å². The fourth-order valence-electron chi connectivity index (χ4n) is 6.61. The van der Waals surface area contributed by atoms with Gasteiger partial charge in [-0.3, -0.25) is 33.8 Å². The number of ether oxygens (including phenoxy) is 3. The zero-order valence-corrected chi connectivity index (χ0v) is 45.7. The van der Waals surface area contributed by atoms with Crippen LogP contribution >= 0.6 is 11.8 Å². The Bertz CT molecular complexity index is 3090. The number of carbonyl (C=O) groups is 8. The van der Waals surface area contributed by atoms with Crippen molar-refractivity contribution < 1.29 is 103 Å². The first-order valence-electron chi connectivity index (χ1n) is 21.8. The molecule has 0 aliphatic carbocycles. The monoisotopic (exact) mass is 1160 g/mol. The summed E-state index contributed by atoms with van der Waals surface area (Å²) in [5.41, 5.74) is -3.94. The van der Waals surface area contributed by atoms with E-state index >= 15 is 0 Å². The third kappa shape index (κ3) is 17.5. The number of aromatic carboxylic acids is 1. The Morgan fingerprint density at radius 3 is 1.87 bits per heavy atom. The van der Waals surface area contributed by atoms with Gasteiger partial charge in [0.2, 0.25) is 5.91 Å². The van der Waals surface area contributed by atoms with Crippen LogP contribution in [0.25, 0.3) is 22.8 Å². The number of thioether (sulfide) groups is 1. The fraction of sp³-hybridized carbons (Fsp3) is 0.204. The predicted molar refractivity (Wildman–Crippen MR) is 270 cm³/mol. The molecular formula is C49H47F3N7O15S2Zn-. The molecule has 0 radical (unpaired) electrons. The van der Waals surface area contributed by atoms with Crippen LogP contribution in [0, 0.1) is 0 Å². The molecule has 5 rings (SSSR count). The number of aliphatic imine (C=N–C) groups is 1. The SMILES string of the molecule is C=CC(=O)OCC(COC(=O)C=C)NC(C)C(=O)NC1=N/C(=C\c2[n-]c(NC(=O)C(C)Sc3cc(OC=O)cc(C(=O)O)c3)c(C(=O)NC)c2-c2ccccc2)C(c2ccccc2)=C1C(=O)NC.O=S(=O)(O)C(F)(F)F.[Zn]. The topological polar surface area (TPSA) is 325 Å². The number of hydrogen-bond donors (Lipinski definition) is 7. The quantitative estimate of drug-likeness (QED) is 0.0116. The van der Waals surface area contributed by atoms with Crippen molar-refractivity contribution in [1.82, 2.24) is 26.3 Å². The number of nitrogens with one attached hydrogen (secondary N) is 5. The van der Waals surface area contributed by atoms with Crippen LogP contribution in [0.15, 0.2) is 125 Å². The molecule has 4 aromatic rings. The number of anilines is 1. The van der Waals surface area contributed by atoms with E-state index < -0.39 is 74.5 Å². The number of carboxylic acid groups (broad SMARTS) is 1. The van der Waals surface area contributed by atoms with Crippen LogP contribution in [-0.2, 0) is 67.8 Å². The van der Waals surface area contributed by atoms with Gasteiger partial charge in [-0.2, -0.15) is 21.6 Å². The molecule has 1 aliphatic rings. The number of likely N-dealkylation sites (N-methyl/N-ethyl adjacent to an activating group) is 1. The molecule has 2 unspecified atom stereocenters. The molecule has 0 saturated carbocycles. The van der Waals surface area contributed by atoms with Crippen molar-refractivity contribution in [3.05, 3.63) is 138 Å². The standard InChI is InChI=1S/C48H47N7O12S.CHF3O3S.Zn/c1-7-36(57)65-23-31(24-66-37(58)8-2)51-26(3)44(59)54-42-40(46(61)49-5)38(28-15-11-9-12-16-28)34(52-42)22-35-39(29-17-13-10-14-18-29)41(47(62)50-6)43(53-35)55-45(60)27(4)68-33-20-30(48(63)64)19-32(21-33)67-25-56;2-1(3,4)8(5,6)7;/h7-22,25-27,31,51H,1-2,23-24H2,3-6H3,(H6,49,50,52,53,54,55,59,60,61,62,63,64);(H,5,6,7);/p-1. The second-order valence-electron chi connectivity index (χ2n) is 15.4. The first-order valence-corrected chi connectivity index (χ1v) is 24.2. The summed E-state index contributed by atoms with van der Waals surface area (Å²) in [6, 6.07) is 19.4. The normalized spacial score (nSPS) is 13.3. The maximum atomic E-state index is 13.9. The number of benzene rings is 3. The number of carbonyl (C=O) groups excluding carboxylic acids is 7. The fourth-order valence-corrected chi connectivity index (χ4v) is 7.56. The zero-order chi connectivity index (χ0) is 56.5. The molecule has 77 heavy (non-hydrogen) atoms. The summed E-state index contributed by atoms with van der Waals surface area (Å²) in [6.45, 7) is 9.29. The number of alkyl halides is 3. The first-order chi connectivity index (χ1) is 35.9. The molecule has 1 aliphatic heterocycles. The van der Waals surface area contributed by atoms with Gasteiger partial charge in [-0.1, -0.05) is 73.8 Å². The Hall–Kier alpha value is -8.04. The molecule has 4 amide bonds.